The second-order valence-corrected chi connectivity index (χ2v) is 5.52. The zero-order valence-corrected chi connectivity index (χ0v) is 11.3. The highest BCUT2D eigenvalue weighted by Crippen LogP contribution is 2.27. The molecule has 0 aromatic rings. The minimum absolute atomic E-state index is 0.0568. The highest BCUT2D eigenvalue weighted by molar-refractivity contribution is 5.79. The van der Waals surface area contributed by atoms with Crippen molar-refractivity contribution in [1.82, 2.24) is 4.90 Å². The molecule has 5 nitrogen and oxygen atoms in total. The van der Waals surface area contributed by atoms with Gasteiger partial charge in [0.1, 0.15) is 0 Å². The summed E-state index contributed by atoms with van der Waals surface area (Å²) < 4.78 is 5.53. The molecule has 2 aliphatic rings. The lowest BCUT2D eigenvalue weighted by Crippen LogP contribution is -2.43. The second kappa shape index (κ2) is 6.89. The van der Waals surface area contributed by atoms with Crippen LogP contribution in [0.4, 0.5) is 0 Å². The maximum atomic E-state index is 12.2. The zero-order chi connectivity index (χ0) is 13.7. The predicted molar refractivity (Wildman–Crippen MR) is 69.8 cm³/mol. The summed E-state index contributed by atoms with van der Waals surface area (Å²) in [5.41, 5.74) is 0. The molecule has 0 bridgehead atoms. The summed E-state index contributed by atoms with van der Waals surface area (Å²) in [5, 5.41) is 8.55. The number of rotatable bonds is 5. The van der Waals surface area contributed by atoms with Crippen molar-refractivity contribution in [2.75, 3.05) is 19.7 Å². The van der Waals surface area contributed by atoms with Crippen molar-refractivity contribution in [1.29, 1.82) is 0 Å². The Hall–Kier alpha value is -1.10. The lowest BCUT2D eigenvalue weighted by molar-refractivity contribution is -0.139. The van der Waals surface area contributed by atoms with Gasteiger partial charge >= 0.3 is 5.97 Å². The molecule has 1 heterocycles. The van der Waals surface area contributed by atoms with Crippen molar-refractivity contribution in [3.8, 4) is 0 Å². The molecule has 0 spiro atoms. The molecule has 1 aliphatic carbocycles. The van der Waals surface area contributed by atoms with E-state index in [1.54, 1.807) is 0 Å². The van der Waals surface area contributed by atoms with Gasteiger partial charge in [0.25, 0.3) is 0 Å². The third kappa shape index (κ3) is 4.20. The van der Waals surface area contributed by atoms with Gasteiger partial charge in [-0.1, -0.05) is 12.8 Å². The van der Waals surface area contributed by atoms with Crippen LogP contribution in [0.1, 0.15) is 44.9 Å². The first-order chi connectivity index (χ1) is 9.16. The highest BCUT2D eigenvalue weighted by atomic mass is 16.5. The molecule has 0 aromatic heterocycles. The van der Waals surface area contributed by atoms with E-state index >= 15 is 0 Å². The molecule has 0 unspecified atom stereocenters. The Morgan fingerprint density at radius 1 is 1.11 bits per heavy atom. The maximum absolute atomic E-state index is 12.2. The maximum Gasteiger partial charge on any atom is 0.305 e. The third-order valence-corrected chi connectivity index (χ3v) is 4.13. The van der Waals surface area contributed by atoms with E-state index < -0.39 is 5.97 Å². The second-order valence-electron chi connectivity index (χ2n) is 5.52. The number of carbonyl (C=O) groups excluding carboxylic acids is 1. The Labute approximate surface area is 113 Å². The zero-order valence-electron chi connectivity index (χ0n) is 11.3. The van der Waals surface area contributed by atoms with E-state index in [0.29, 0.717) is 5.91 Å². The average molecular weight is 269 g/mol. The SMILES string of the molecule is O=C(O)CCOC1CCN(C(=O)C2CCCC2)CC1. The number of carbonyl (C=O) groups is 2. The Balaban J connectivity index is 1.67. The lowest BCUT2D eigenvalue weighted by atomic mass is 10.0. The Kier molecular flexibility index (Phi) is 5.19. The molecule has 1 aliphatic heterocycles. The molecule has 108 valence electrons. The van der Waals surface area contributed by atoms with Crippen LogP contribution < -0.4 is 0 Å². The molecule has 2 fully saturated rings. The summed E-state index contributed by atoms with van der Waals surface area (Å²) in [5.74, 6) is -0.250. The van der Waals surface area contributed by atoms with Gasteiger partial charge in [-0.15, -0.1) is 0 Å². The van der Waals surface area contributed by atoms with Crippen LogP contribution in [0, 0.1) is 5.92 Å². The fraction of sp³-hybridized carbons (Fsp3) is 0.857. The largest absolute Gasteiger partial charge is 0.481 e. The fourth-order valence-corrected chi connectivity index (χ4v) is 2.99. The Morgan fingerprint density at radius 3 is 2.32 bits per heavy atom. The number of nitrogens with zero attached hydrogens (tertiary/aromatic N) is 1. The first-order valence-corrected chi connectivity index (χ1v) is 7.29. The van der Waals surface area contributed by atoms with Crippen LogP contribution in [-0.2, 0) is 14.3 Å². The molecule has 1 amide bonds. The predicted octanol–water partition coefficient (Wildman–Crippen LogP) is 1.66. The third-order valence-electron chi connectivity index (χ3n) is 4.13. The van der Waals surface area contributed by atoms with Gasteiger partial charge in [-0.3, -0.25) is 9.59 Å². The monoisotopic (exact) mass is 269 g/mol. The first-order valence-electron chi connectivity index (χ1n) is 7.29. The van der Waals surface area contributed by atoms with Crippen molar-refractivity contribution in [3.63, 3.8) is 0 Å². The van der Waals surface area contributed by atoms with Gasteiger partial charge in [-0.05, 0) is 25.7 Å². The van der Waals surface area contributed by atoms with Crippen LogP contribution >= 0.6 is 0 Å². The van der Waals surface area contributed by atoms with Crippen LogP contribution in [0.25, 0.3) is 0 Å². The van der Waals surface area contributed by atoms with Crippen LogP contribution in [0.2, 0.25) is 0 Å². The van der Waals surface area contributed by atoms with E-state index in [1.807, 2.05) is 4.90 Å². The lowest BCUT2D eigenvalue weighted by Gasteiger charge is -2.33. The summed E-state index contributed by atoms with van der Waals surface area (Å²) >= 11 is 0. The van der Waals surface area contributed by atoms with Crippen molar-refractivity contribution >= 4 is 11.9 Å². The minimum Gasteiger partial charge on any atom is -0.481 e. The van der Waals surface area contributed by atoms with Crippen molar-refractivity contribution < 1.29 is 19.4 Å². The van der Waals surface area contributed by atoms with E-state index in [4.69, 9.17) is 9.84 Å². The Bertz CT molecular complexity index is 317. The summed E-state index contributed by atoms with van der Waals surface area (Å²) in [4.78, 5) is 24.6. The number of carboxylic acid groups (broad SMARTS) is 1. The first kappa shape index (κ1) is 14.3. The van der Waals surface area contributed by atoms with Gasteiger partial charge in [0.15, 0.2) is 0 Å². The summed E-state index contributed by atoms with van der Waals surface area (Å²) in [6, 6.07) is 0. The molecule has 1 N–H and O–H groups in total. The molecule has 2 rings (SSSR count). The number of ether oxygens (including phenoxy) is 1. The molecule has 1 saturated carbocycles. The van der Waals surface area contributed by atoms with E-state index in [1.165, 1.54) is 12.8 Å². The van der Waals surface area contributed by atoms with Crippen LogP contribution in [0.15, 0.2) is 0 Å². The van der Waals surface area contributed by atoms with Gasteiger partial charge in [0.2, 0.25) is 5.91 Å². The average Bonchev–Trinajstić information content (AvgIpc) is 2.92. The summed E-state index contributed by atoms with van der Waals surface area (Å²) in [6.07, 6.45) is 6.31. The molecule has 19 heavy (non-hydrogen) atoms. The normalized spacial score (nSPS) is 21.8. The minimum atomic E-state index is -0.825. The molecule has 1 saturated heterocycles. The molecule has 5 heteroatoms. The smallest absolute Gasteiger partial charge is 0.305 e. The number of aliphatic carboxylic acids is 1. The molecule has 0 aromatic carbocycles. The van der Waals surface area contributed by atoms with Gasteiger partial charge in [0, 0.05) is 19.0 Å². The fourth-order valence-electron chi connectivity index (χ4n) is 2.99. The van der Waals surface area contributed by atoms with E-state index in [9.17, 15) is 9.59 Å². The molecular weight excluding hydrogens is 246 g/mol. The van der Waals surface area contributed by atoms with Gasteiger partial charge in [0.05, 0.1) is 19.1 Å². The van der Waals surface area contributed by atoms with E-state index in [0.717, 1.165) is 38.8 Å². The Morgan fingerprint density at radius 2 is 1.74 bits per heavy atom. The standard InChI is InChI=1S/C14H23NO4/c16-13(17)7-10-19-12-5-8-15(9-6-12)14(18)11-3-1-2-4-11/h11-12H,1-10H2,(H,16,17). The summed E-state index contributed by atoms with van der Waals surface area (Å²) in [7, 11) is 0. The topological polar surface area (TPSA) is 66.8 Å². The molecule has 0 radical (unpaired) electrons. The summed E-state index contributed by atoms with van der Waals surface area (Å²) in [6.45, 7) is 1.79. The quantitative estimate of drug-likeness (QED) is 0.824. The number of carboxylic acids is 1. The number of amides is 1. The number of hydrogen-bond acceptors (Lipinski definition) is 3. The van der Waals surface area contributed by atoms with Gasteiger partial charge in [-0.25, -0.2) is 0 Å². The van der Waals surface area contributed by atoms with E-state index in [2.05, 4.69) is 0 Å². The number of hydrogen-bond donors (Lipinski definition) is 1. The van der Waals surface area contributed by atoms with Crippen molar-refractivity contribution in [2.24, 2.45) is 5.92 Å². The van der Waals surface area contributed by atoms with Crippen molar-refractivity contribution in [3.05, 3.63) is 0 Å². The van der Waals surface area contributed by atoms with Crippen LogP contribution in [-0.4, -0.2) is 47.7 Å². The van der Waals surface area contributed by atoms with Gasteiger partial charge < -0.3 is 14.7 Å². The van der Waals surface area contributed by atoms with Crippen LogP contribution in [0.3, 0.4) is 0 Å². The number of piperidine rings is 1. The van der Waals surface area contributed by atoms with Crippen LogP contribution in [0.5, 0.6) is 0 Å². The highest BCUT2D eigenvalue weighted by Gasteiger charge is 2.30. The van der Waals surface area contributed by atoms with Gasteiger partial charge in [-0.2, -0.15) is 0 Å². The molecular formula is C14H23NO4. The van der Waals surface area contributed by atoms with Crippen molar-refractivity contribution in [2.45, 2.75) is 51.0 Å². The molecule has 0 atom stereocenters. The number of likely N-dealkylation sites (tertiary alicyclic amines) is 1. The van der Waals surface area contributed by atoms with E-state index in [-0.39, 0.29) is 25.0 Å².